The van der Waals surface area contributed by atoms with Crippen molar-refractivity contribution in [3.05, 3.63) is 66.1 Å². The molecule has 1 aliphatic heterocycles. The van der Waals surface area contributed by atoms with Crippen molar-refractivity contribution in [3.8, 4) is 0 Å². The van der Waals surface area contributed by atoms with Gasteiger partial charge in [0.15, 0.2) is 0 Å². The quantitative estimate of drug-likeness (QED) is 0.302. The Morgan fingerprint density at radius 3 is 2.47 bits per heavy atom. The first-order chi connectivity index (χ1) is 18.0. The van der Waals surface area contributed by atoms with Crippen LogP contribution < -0.4 is 16.0 Å². The molecule has 10 nitrogen and oxygen atoms in total. The van der Waals surface area contributed by atoms with Gasteiger partial charge < -0.3 is 16.0 Å². The molecule has 0 radical (unpaired) electrons. The number of anilines is 4. The molecule has 1 fully saturated rings. The number of nitrogens with zero attached hydrogens (tertiary/aromatic N) is 3. The number of halogens is 1. The summed E-state index contributed by atoms with van der Waals surface area (Å²) in [5.41, 5.74) is 1.83. The first-order valence-electron chi connectivity index (χ1n) is 12.1. The Balaban J connectivity index is 1.34. The van der Waals surface area contributed by atoms with E-state index in [4.69, 9.17) is 0 Å². The lowest BCUT2D eigenvalue weighted by Gasteiger charge is -2.17. The van der Waals surface area contributed by atoms with Gasteiger partial charge in [0.25, 0.3) is 0 Å². The molecule has 0 bridgehead atoms. The Hall–Kier alpha value is -3.13. The standard InChI is InChI=1S/C25H31FN6O4S2/c1-18-15-21(5-8-23(18)26)29-24-9-11-28-25(31-24)30-20-3-6-22(7-4-20)38(35,36)32-13-10-19(17-32)16-27-12-14-37(2,33)34/h3-9,11,15,19,27H,10,12-14,16-17H2,1-2H3,(H2,28,29,30,31). The molecule has 1 saturated heterocycles. The Kier molecular flexibility index (Phi) is 8.61. The van der Waals surface area contributed by atoms with Gasteiger partial charge in [-0.2, -0.15) is 9.29 Å². The van der Waals surface area contributed by atoms with Gasteiger partial charge >= 0.3 is 0 Å². The van der Waals surface area contributed by atoms with Crippen LogP contribution in [0.1, 0.15) is 12.0 Å². The zero-order chi connectivity index (χ0) is 27.3. The van der Waals surface area contributed by atoms with Crippen LogP contribution >= 0.6 is 0 Å². The zero-order valence-electron chi connectivity index (χ0n) is 21.2. The van der Waals surface area contributed by atoms with Gasteiger partial charge in [-0.25, -0.2) is 26.2 Å². The lowest BCUT2D eigenvalue weighted by Crippen LogP contribution is -2.32. The van der Waals surface area contributed by atoms with Crippen LogP contribution in [0.15, 0.2) is 59.6 Å². The van der Waals surface area contributed by atoms with Crippen LogP contribution in [0.3, 0.4) is 0 Å². The number of hydrogen-bond acceptors (Lipinski definition) is 9. The molecule has 38 heavy (non-hydrogen) atoms. The molecular formula is C25H31FN6O4S2. The molecular weight excluding hydrogens is 531 g/mol. The number of aryl methyl sites for hydroxylation is 1. The number of sulfone groups is 1. The molecule has 1 unspecified atom stereocenters. The van der Waals surface area contributed by atoms with Gasteiger partial charge in [0.2, 0.25) is 16.0 Å². The minimum absolute atomic E-state index is 0.0575. The largest absolute Gasteiger partial charge is 0.340 e. The monoisotopic (exact) mass is 562 g/mol. The molecule has 0 aliphatic carbocycles. The second kappa shape index (κ2) is 11.7. The van der Waals surface area contributed by atoms with Crippen molar-refractivity contribution in [1.82, 2.24) is 19.6 Å². The molecule has 3 N–H and O–H groups in total. The van der Waals surface area contributed by atoms with Crippen molar-refractivity contribution in [2.24, 2.45) is 5.92 Å². The Labute approximate surface area is 222 Å². The summed E-state index contributed by atoms with van der Waals surface area (Å²) in [7, 11) is -6.68. The van der Waals surface area contributed by atoms with Gasteiger partial charge in [-0.05, 0) is 79.9 Å². The highest BCUT2D eigenvalue weighted by Crippen LogP contribution is 2.26. The topological polar surface area (TPSA) is 133 Å². The molecule has 0 saturated carbocycles. The molecule has 3 aromatic rings. The summed E-state index contributed by atoms with van der Waals surface area (Å²) in [6, 6.07) is 12.8. The predicted molar refractivity (Wildman–Crippen MR) is 146 cm³/mol. The van der Waals surface area contributed by atoms with Crippen molar-refractivity contribution < 1.29 is 21.2 Å². The third kappa shape index (κ3) is 7.47. The second-order valence-electron chi connectivity index (χ2n) is 9.36. The highest BCUT2D eigenvalue weighted by Gasteiger charge is 2.32. The van der Waals surface area contributed by atoms with Crippen LogP contribution in [0.2, 0.25) is 0 Å². The van der Waals surface area contributed by atoms with E-state index < -0.39 is 19.9 Å². The number of rotatable bonds is 11. The maximum absolute atomic E-state index is 13.5. The van der Waals surface area contributed by atoms with Crippen LogP contribution in [-0.4, -0.2) is 69.3 Å². The van der Waals surface area contributed by atoms with E-state index in [9.17, 15) is 21.2 Å². The number of nitrogens with one attached hydrogen (secondary N) is 3. The Bertz CT molecular complexity index is 1480. The smallest absolute Gasteiger partial charge is 0.243 e. The Morgan fingerprint density at radius 2 is 1.76 bits per heavy atom. The van der Waals surface area contributed by atoms with Crippen LogP contribution in [0.25, 0.3) is 0 Å². The average Bonchev–Trinajstić information content (AvgIpc) is 3.34. The number of benzene rings is 2. The average molecular weight is 563 g/mol. The summed E-state index contributed by atoms with van der Waals surface area (Å²) < 4.78 is 63.7. The van der Waals surface area contributed by atoms with Crippen molar-refractivity contribution in [2.45, 2.75) is 18.2 Å². The highest BCUT2D eigenvalue weighted by atomic mass is 32.2. The molecule has 1 aromatic heterocycles. The molecule has 4 rings (SSSR count). The SMILES string of the molecule is Cc1cc(Nc2ccnc(Nc3ccc(S(=O)(=O)N4CCC(CNCCS(C)(=O)=O)C4)cc3)n2)ccc1F. The van der Waals surface area contributed by atoms with Crippen LogP contribution in [0.4, 0.5) is 27.5 Å². The van der Waals surface area contributed by atoms with Gasteiger partial charge in [-0.1, -0.05) is 0 Å². The van der Waals surface area contributed by atoms with E-state index in [-0.39, 0.29) is 22.4 Å². The maximum Gasteiger partial charge on any atom is 0.243 e. The summed E-state index contributed by atoms with van der Waals surface area (Å²) >= 11 is 0. The van der Waals surface area contributed by atoms with Crippen molar-refractivity contribution in [3.63, 3.8) is 0 Å². The Morgan fingerprint density at radius 1 is 1.03 bits per heavy atom. The zero-order valence-corrected chi connectivity index (χ0v) is 22.8. The van der Waals surface area contributed by atoms with E-state index >= 15 is 0 Å². The van der Waals surface area contributed by atoms with E-state index in [1.54, 1.807) is 55.6 Å². The van der Waals surface area contributed by atoms with Gasteiger partial charge in [0.1, 0.15) is 21.5 Å². The normalized spacial score (nSPS) is 16.4. The lowest BCUT2D eigenvalue weighted by atomic mass is 10.1. The van der Waals surface area contributed by atoms with Gasteiger partial charge in [-0.15, -0.1) is 0 Å². The molecule has 1 atom stereocenters. The minimum atomic E-state index is -3.65. The van der Waals surface area contributed by atoms with E-state index in [1.165, 1.54) is 16.6 Å². The lowest BCUT2D eigenvalue weighted by molar-refractivity contribution is 0.447. The van der Waals surface area contributed by atoms with E-state index in [0.717, 1.165) is 0 Å². The second-order valence-corrected chi connectivity index (χ2v) is 13.6. The number of hydrogen-bond donors (Lipinski definition) is 3. The van der Waals surface area contributed by atoms with Crippen LogP contribution in [0.5, 0.6) is 0 Å². The molecule has 1 aliphatic rings. The van der Waals surface area contributed by atoms with E-state index in [0.29, 0.717) is 61.3 Å². The highest BCUT2D eigenvalue weighted by molar-refractivity contribution is 7.90. The molecule has 0 spiro atoms. The van der Waals surface area contributed by atoms with Gasteiger partial charge in [0, 0.05) is 43.5 Å². The summed E-state index contributed by atoms with van der Waals surface area (Å²) in [6.45, 7) is 3.41. The van der Waals surface area contributed by atoms with E-state index in [1.807, 2.05) is 0 Å². The summed E-state index contributed by atoms with van der Waals surface area (Å²) in [5.74, 6) is 0.732. The molecule has 13 heteroatoms. The number of aromatic nitrogens is 2. The fraction of sp³-hybridized carbons (Fsp3) is 0.360. The van der Waals surface area contributed by atoms with E-state index in [2.05, 4.69) is 25.9 Å². The fourth-order valence-electron chi connectivity index (χ4n) is 4.09. The minimum Gasteiger partial charge on any atom is -0.340 e. The summed E-state index contributed by atoms with van der Waals surface area (Å²) in [4.78, 5) is 8.81. The maximum atomic E-state index is 13.5. The van der Waals surface area contributed by atoms with Crippen LogP contribution in [-0.2, 0) is 19.9 Å². The number of sulfonamides is 1. The molecule has 2 heterocycles. The van der Waals surface area contributed by atoms with Gasteiger partial charge in [-0.3, -0.25) is 0 Å². The third-order valence-corrected chi connectivity index (χ3v) is 8.99. The molecule has 2 aromatic carbocycles. The predicted octanol–water partition coefficient (Wildman–Crippen LogP) is 3.06. The van der Waals surface area contributed by atoms with Crippen molar-refractivity contribution >= 4 is 43.0 Å². The van der Waals surface area contributed by atoms with Crippen molar-refractivity contribution in [2.75, 3.05) is 48.8 Å². The summed E-state index contributed by atoms with van der Waals surface area (Å²) in [6.07, 6.45) is 3.48. The van der Waals surface area contributed by atoms with Crippen LogP contribution in [0, 0.1) is 18.7 Å². The first-order valence-corrected chi connectivity index (χ1v) is 15.6. The molecule has 0 amide bonds. The van der Waals surface area contributed by atoms with Gasteiger partial charge in [0.05, 0.1) is 10.6 Å². The fourth-order valence-corrected chi connectivity index (χ4v) is 6.14. The van der Waals surface area contributed by atoms with Crippen molar-refractivity contribution in [1.29, 1.82) is 0 Å². The summed E-state index contributed by atoms with van der Waals surface area (Å²) in [5, 5.41) is 9.28. The first kappa shape index (κ1) is 27.9. The molecule has 204 valence electrons. The third-order valence-electron chi connectivity index (χ3n) is 6.17.